The number of aryl methyl sites for hydroxylation is 3. The largest absolute Gasteiger partial charge is 0.376 e. The van der Waals surface area contributed by atoms with Gasteiger partial charge in [0.2, 0.25) is 0 Å². The summed E-state index contributed by atoms with van der Waals surface area (Å²) in [4.78, 5) is 18.1. The zero-order valence-corrected chi connectivity index (χ0v) is 19.1. The van der Waals surface area contributed by atoms with Crippen molar-refractivity contribution >= 4 is 33.9 Å². The predicted molar refractivity (Wildman–Crippen MR) is 131 cm³/mol. The van der Waals surface area contributed by atoms with E-state index in [1.807, 2.05) is 31.2 Å². The Morgan fingerprint density at radius 3 is 2.74 bits per heavy atom. The second-order valence-electron chi connectivity index (χ2n) is 8.43. The van der Waals surface area contributed by atoms with Crippen LogP contribution in [0.4, 0.5) is 5.69 Å². The van der Waals surface area contributed by atoms with E-state index in [1.54, 1.807) is 0 Å². The minimum Gasteiger partial charge on any atom is -0.376 e. The molecule has 0 radical (unpaired) electrons. The number of pyridine rings is 1. The average Bonchev–Trinajstić information content (AvgIpc) is 3.24. The molecule has 3 aromatic rings. The van der Waals surface area contributed by atoms with Crippen molar-refractivity contribution in [2.24, 2.45) is 0 Å². The molecule has 1 aromatic heterocycles. The first-order valence-corrected chi connectivity index (χ1v) is 11.2. The number of hydrogen-bond acceptors (Lipinski definition) is 3. The third kappa shape index (κ3) is 4.97. The Morgan fingerprint density at radius 1 is 1.19 bits per heavy atom. The number of fused-ring (bicyclic) bond motifs is 1. The van der Waals surface area contributed by atoms with Crippen LogP contribution in [0.3, 0.4) is 0 Å². The molecule has 1 aliphatic heterocycles. The van der Waals surface area contributed by atoms with Gasteiger partial charge in [-0.25, -0.2) is 0 Å². The minimum absolute atomic E-state index is 0.0723. The molecule has 2 heterocycles. The highest BCUT2D eigenvalue weighted by atomic mass is 32.1. The number of nitrogens with zero attached hydrogens (tertiary/aromatic N) is 1. The monoisotopic (exact) mass is 435 g/mol. The van der Waals surface area contributed by atoms with Crippen LogP contribution in [0, 0.1) is 20.8 Å². The van der Waals surface area contributed by atoms with Gasteiger partial charge in [-0.05, 0) is 80.7 Å². The van der Waals surface area contributed by atoms with Crippen molar-refractivity contribution < 1.29 is 4.74 Å². The predicted octanol–water partition coefficient (Wildman–Crippen LogP) is 4.83. The van der Waals surface area contributed by atoms with Gasteiger partial charge in [0.25, 0.3) is 5.56 Å². The SMILES string of the molecule is Cc1cccc(NC(=S)N(Cc2cc3c(C)ccc(C)c3[nH]c2=O)C[C@H]2CCCO2)c1. The van der Waals surface area contributed by atoms with Gasteiger partial charge in [-0.2, -0.15) is 0 Å². The van der Waals surface area contributed by atoms with Crippen molar-refractivity contribution in [3.05, 3.63) is 75.1 Å². The second kappa shape index (κ2) is 9.20. The molecule has 0 saturated carbocycles. The summed E-state index contributed by atoms with van der Waals surface area (Å²) < 4.78 is 5.86. The number of nitrogens with one attached hydrogen (secondary N) is 2. The Balaban J connectivity index is 1.63. The van der Waals surface area contributed by atoms with Crippen LogP contribution in [-0.4, -0.2) is 34.3 Å². The third-order valence-electron chi connectivity index (χ3n) is 5.89. The summed E-state index contributed by atoms with van der Waals surface area (Å²) in [5, 5.41) is 5.02. The van der Waals surface area contributed by atoms with Crippen LogP contribution in [0.15, 0.2) is 47.3 Å². The van der Waals surface area contributed by atoms with E-state index < -0.39 is 0 Å². The lowest BCUT2D eigenvalue weighted by Gasteiger charge is -2.28. The maximum absolute atomic E-state index is 12.9. The van der Waals surface area contributed by atoms with E-state index in [9.17, 15) is 4.79 Å². The van der Waals surface area contributed by atoms with Crippen LogP contribution in [-0.2, 0) is 11.3 Å². The standard InChI is InChI=1S/C25H29N3O2S/c1-16-6-4-7-20(12-16)26-25(31)28(15-21-8-5-11-30-21)14-19-13-22-17(2)9-10-18(3)23(22)27-24(19)29/h4,6-7,9-10,12-13,21H,5,8,11,14-15H2,1-3H3,(H,26,31)(H,27,29)/t21-/m1/s1. The van der Waals surface area contributed by atoms with Gasteiger partial charge in [-0.15, -0.1) is 0 Å². The molecule has 0 aliphatic carbocycles. The highest BCUT2D eigenvalue weighted by molar-refractivity contribution is 7.80. The van der Waals surface area contributed by atoms with Gasteiger partial charge >= 0.3 is 0 Å². The molecule has 1 aliphatic rings. The summed E-state index contributed by atoms with van der Waals surface area (Å²) in [5.74, 6) is 0. The molecule has 5 nitrogen and oxygen atoms in total. The summed E-state index contributed by atoms with van der Waals surface area (Å²) in [6.45, 7) is 8.00. The van der Waals surface area contributed by atoms with Crippen molar-refractivity contribution in [1.29, 1.82) is 0 Å². The fourth-order valence-electron chi connectivity index (χ4n) is 4.12. The molecule has 0 unspecified atom stereocenters. The highest BCUT2D eigenvalue weighted by Crippen LogP contribution is 2.21. The molecule has 0 spiro atoms. The topological polar surface area (TPSA) is 57.4 Å². The van der Waals surface area contributed by atoms with Gasteiger partial charge in [-0.1, -0.05) is 24.3 Å². The van der Waals surface area contributed by atoms with Crippen LogP contribution >= 0.6 is 12.2 Å². The van der Waals surface area contributed by atoms with Gasteiger partial charge in [-0.3, -0.25) is 4.79 Å². The smallest absolute Gasteiger partial charge is 0.253 e. The number of aromatic amines is 1. The second-order valence-corrected chi connectivity index (χ2v) is 8.81. The lowest BCUT2D eigenvalue weighted by molar-refractivity contribution is 0.0904. The number of rotatable bonds is 5. The summed E-state index contributed by atoms with van der Waals surface area (Å²) in [5.41, 5.74) is 5.85. The molecule has 0 bridgehead atoms. The zero-order chi connectivity index (χ0) is 22.0. The number of aromatic nitrogens is 1. The molecule has 2 N–H and O–H groups in total. The molecule has 0 amide bonds. The van der Waals surface area contributed by atoms with Crippen molar-refractivity contribution in [2.45, 2.75) is 46.3 Å². The van der Waals surface area contributed by atoms with E-state index in [1.165, 1.54) is 0 Å². The Kier molecular flexibility index (Phi) is 6.39. The van der Waals surface area contributed by atoms with Crippen LogP contribution in [0.5, 0.6) is 0 Å². The number of thiocarbonyl (C=S) groups is 1. The molecule has 1 saturated heterocycles. The number of hydrogen-bond donors (Lipinski definition) is 2. The molecule has 2 aromatic carbocycles. The Bertz CT molecular complexity index is 1170. The molecule has 1 fully saturated rings. The van der Waals surface area contributed by atoms with Gasteiger partial charge in [0.1, 0.15) is 0 Å². The Labute approximate surface area is 188 Å². The summed E-state index contributed by atoms with van der Waals surface area (Å²) >= 11 is 5.77. The lowest BCUT2D eigenvalue weighted by Crippen LogP contribution is -2.40. The maximum atomic E-state index is 12.9. The normalized spacial score (nSPS) is 15.9. The summed E-state index contributed by atoms with van der Waals surface area (Å²) in [6.07, 6.45) is 2.20. The van der Waals surface area contributed by atoms with E-state index in [0.29, 0.717) is 23.8 Å². The van der Waals surface area contributed by atoms with E-state index >= 15 is 0 Å². The minimum atomic E-state index is -0.0723. The van der Waals surface area contributed by atoms with E-state index in [2.05, 4.69) is 47.2 Å². The molecule has 1 atom stereocenters. The van der Waals surface area contributed by atoms with Crippen LogP contribution < -0.4 is 10.9 Å². The molecule has 31 heavy (non-hydrogen) atoms. The molecule has 6 heteroatoms. The van der Waals surface area contributed by atoms with Crippen LogP contribution in [0.1, 0.15) is 35.1 Å². The van der Waals surface area contributed by atoms with Crippen LogP contribution in [0.25, 0.3) is 10.9 Å². The Morgan fingerprint density at radius 2 is 2.00 bits per heavy atom. The number of H-pyrrole nitrogens is 1. The zero-order valence-electron chi connectivity index (χ0n) is 18.3. The summed E-state index contributed by atoms with van der Waals surface area (Å²) in [6, 6.07) is 14.3. The molecule has 162 valence electrons. The van der Waals surface area contributed by atoms with Gasteiger partial charge < -0.3 is 19.9 Å². The average molecular weight is 436 g/mol. The van der Waals surface area contributed by atoms with E-state index in [4.69, 9.17) is 17.0 Å². The van der Waals surface area contributed by atoms with Crippen LogP contribution in [0.2, 0.25) is 0 Å². The number of benzene rings is 2. The lowest BCUT2D eigenvalue weighted by atomic mass is 10.0. The van der Waals surface area contributed by atoms with Gasteiger partial charge in [0.15, 0.2) is 5.11 Å². The molecular weight excluding hydrogens is 406 g/mol. The van der Waals surface area contributed by atoms with Crippen molar-refractivity contribution in [1.82, 2.24) is 9.88 Å². The quantitative estimate of drug-likeness (QED) is 0.562. The first-order chi connectivity index (χ1) is 14.9. The van der Waals surface area contributed by atoms with Crippen molar-refractivity contribution in [3.63, 3.8) is 0 Å². The fraction of sp³-hybridized carbons (Fsp3) is 0.360. The fourth-order valence-corrected chi connectivity index (χ4v) is 4.38. The Hall–Kier alpha value is -2.70. The van der Waals surface area contributed by atoms with Crippen molar-refractivity contribution in [2.75, 3.05) is 18.5 Å². The number of anilines is 1. The van der Waals surface area contributed by atoms with E-state index in [0.717, 1.165) is 52.7 Å². The van der Waals surface area contributed by atoms with Gasteiger partial charge in [0, 0.05) is 29.8 Å². The highest BCUT2D eigenvalue weighted by Gasteiger charge is 2.22. The molecular formula is C25H29N3O2S. The van der Waals surface area contributed by atoms with Crippen molar-refractivity contribution in [3.8, 4) is 0 Å². The number of ether oxygens (including phenoxy) is 1. The molecule has 4 rings (SSSR count). The first kappa shape index (κ1) is 21.5. The van der Waals surface area contributed by atoms with Gasteiger partial charge in [0.05, 0.1) is 18.2 Å². The summed E-state index contributed by atoms with van der Waals surface area (Å²) in [7, 11) is 0. The third-order valence-corrected chi connectivity index (χ3v) is 6.25. The maximum Gasteiger partial charge on any atom is 0.253 e. The van der Waals surface area contributed by atoms with E-state index in [-0.39, 0.29) is 11.7 Å². The first-order valence-electron chi connectivity index (χ1n) is 10.8.